The molecule has 72 valence electrons. The van der Waals surface area contributed by atoms with E-state index in [0.717, 1.165) is 0 Å². The van der Waals surface area contributed by atoms with Crippen molar-refractivity contribution in [1.82, 2.24) is 0 Å². The topological polar surface area (TPSA) is 0 Å². The molecule has 12 heavy (non-hydrogen) atoms. The Morgan fingerprint density at radius 1 is 1.00 bits per heavy atom. The molecular weight excluding hydrogens is 144 g/mol. The molecule has 0 atom stereocenters. The van der Waals surface area contributed by atoms with Crippen molar-refractivity contribution in [3.05, 3.63) is 12.2 Å². The van der Waals surface area contributed by atoms with Crippen molar-refractivity contribution in [2.75, 3.05) is 0 Å². The Morgan fingerprint density at radius 2 is 1.50 bits per heavy atom. The van der Waals surface area contributed by atoms with E-state index >= 15 is 0 Å². The average molecular weight is 168 g/mol. The van der Waals surface area contributed by atoms with E-state index in [0.29, 0.717) is 10.8 Å². The Labute approximate surface area is 78.1 Å². The fourth-order valence-electron chi connectivity index (χ4n) is 0.795. The highest BCUT2D eigenvalue weighted by molar-refractivity contribution is 5.00. The lowest BCUT2D eigenvalue weighted by Gasteiger charge is -2.36. The summed E-state index contributed by atoms with van der Waals surface area (Å²) in [5, 5.41) is 0. The Balaban J connectivity index is 4.22. The van der Waals surface area contributed by atoms with Crippen molar-refractivity contribution in [1.29, 1.82) is 0 Å². The van der Waals surface area contributed by atoms with Crippen molar-refractivity contribution >= 4 is 0 Å². The zero-order valence-corrected chi connectivity index (χ0v) is 9.57. The van der Waals surface area contributed by atoms with Crippen molar-refractivity contribution < 1.29 is 0 Å². The van der Waals surface area contributed by atoms with Crippen LogP contribution in [0.2, 0.25) is 0 Å². The molecule has 0 saturated heterocycles. The minimum absolute atomic E-state index is 0.308. The van der Waals surface area contributed by atoms with Crippen LogP contribution in [0.4, 0.5) is 0 Å². The largest absolute Gasteiger partial charge is 0.0880 e. The lowest BCUT2D eigenvalue weighted by atomic mass is 9.69. The van der Waals surface area contributed by atoms with Gasteiger partial charge in [-0.1, -0.05) is 60.1 Å². The van der Waals surface area contributed by atoms with Gasteiger partial charge < -0.3 is 0 Å². The third-order valence-electron chi connectivity index (χ3n) is 2.92. The Morgan fingerprint density at radius 3 is 1.83 bits per heavy atom. The van der Waals surface area contributed by atoms with Crippen LogP contribution in [0, 0.1) is 10.8 Å². The van der Waals surface area contributed by atoms with Crippen LogP contribution in [0.5, 0.6) is 0 Å². The smallest absolute Gasteiger partial charge is 0.0126 e. The number of allylic oxidation sites excluding steroid dienone is 2. The third kappa shape index (κ3) is 3.42. The summed E-state index contributed by atoms with van der Waals surface area (Å²) in [6, 6.07) is 0. The second-order valence-corrected chi connectivity index (χ2v) is 5.16. The first-order valence-electron chi connectivity index (χ1n) is 4.99. The van der Waals surface area contributed by atoms with Crippen molar-refractivity contribution in [3.8, 4) is 0 Å². The maximum absolute atomic E-state index is 2.36. The van der Waals surface area contributed by atoms with Gasteiger partial charge in [0.15, 0.2) is 0 Å². The lowest BCUT2D eigenvalue weighted by molar-refractivity contribution is 0.192. The van der Waals surface area contributed by atoms with E-state index in [2.05, 4.69) is 53.7 Å². The van der Waals surface area contributed by atoms with E-state index in [-0.39, 0.29) is 0 Å². The molecule has 0 aliphatic heterocycles. The minimum Gasteiger partial charge on any atom is -0.0880 e. The summed E-state index contributed by atoms with van der Waals surface area (Å²) in [7, 11) is 0. The number of rotatable bonds is 3. The highest BCUT2D eigenvalue weighted by Gasteiger charge is 2.29. The fraction of sp³-hybridized carbons (Fsp3) is 0.833. The van der Waals surface area contributed by atoms with Crippen molar-refractivity contribution in [2.24, 2.45) is 10.8 Å². The van der Waals surface area contributed by atoms with Gasteiger partial charge in [0.1, 0.15) is 0 Å². The fourth-order valence-corrected chi connectivity index (χ4v) is 0.795. The second kappa shape index (κ2) is 4.11. The molecular formula is C12H24. The van der Waals surface area contributed by atoms with Gasteiger partial charge in [-0.2, -0.15) is 0 Å². The SMILES string of the molecule is CCCC=CC(C)(C)C(C)(C)C. The van der Waals surface area contributed by atoms with Gasteiger partial charge in [-0.05, 0) is 17.3 Å². The van der Waals surface area contributed by atoms with Crippen LogP contribution < -0.4 is 0 Å². The van der Waals surface area contributed by atoms with E-state index in [1.54, 1.807) is 0 Å². The first kappa shape index (κ1) is 11.7. The molecule has 0 bridgehead atoms. The van der Waals surface area contributed by atoms with Gasteiger partial charge in [0.25, 0.3) is 0 Å². The van der Waals surface area contributed by atoms with Gasteiger partial charge in [0.2, 0.25) is 0 Å². The maximum atomic E-state index is 2.36. The molecule has 0 amide bonds. The Kier molecular flexibility index (Phi) is 4.02. The van der Waals surface area contributed by atoms with Crippen LogP contribution in [0.25, 0.3) is 0 Å². The molecule has 0 rings (SSSR count). The first-order chi connectivity index (χ1) is 5.31. The van der Waals surface area contributed by atoms with Gasteiger partial charge in [-0.25, -0.2) is 0 Å². The predicted molar refractivity (Wildman–Crippen MR) is 57.3 cm³/mol. The van der Waals surface area contributed by atoms with E-state index in [9.17, 15) is 0 Å². The summed E-state index contributed by atoms with van der Waals surface area (Å²) in [5.74, 6) is 0. The zero-order valence-electron chi connectivity index (χ0n) is 9.57. The van der Waals surface area contributed by atoms with Crippen molar-refractivity contribution in [3.63, 3.8) is 0 Å². The minimum atomic E-state index is 0.308. The maximum Gasteiger partial charge on any atom is -0.0126 e. The highest BCUT2D eigenvalue weighted by atomic mass is 14.3. The van der Waals surface area contributed by atoms with Gasteiger partial charge in [-0.15, -0.1) is 0 Å². The number of hydrogen-bond donors (Lipinski definition) is 0. The first-order valence-corrected chi connectivity index (χ1v) is 4.99. The normalized spacial score (nSPS) is 14.2. The average Bonchev–Trinajstić information content (AvgIpc) is 1.85. The monoisotopic (exact) mass is 168 g/mol. The summed E-state index contributed by atoms with van der Waals surface area (Å²) in [5.41, 5.74) is 0.666. The van der Waals surface area contributed by atoms with Crippen LogP contribution >= 0.6 is 0 Å². The molecule has 0 unspecified atom stereocenters. The number of hydrogen-bond acceptors (Lipinski definition) is 0. The summed E-state index contributed by atoms with van der Waals surface area (Å²) in [4.78, 5) is 0. The molecule has 0 aromatic rings. The molecule has 0 spiro atoms. The van der Waals surface area contributed by atoms with Crippen LogP contribution in [0.3, 0.4) is 0 Å². The number of unbranched alkanes of at least 4 members (excludes halogenated alkanes) is 1. The summed E-state index contributed by atoms with van der Waals surface area (Å²) < 4.78 is 0. The zero-order chi connectivity index (χ0) is 9.83. The van der Waals surface area contributed by atoms with Gasteiger partial charge >= 0.3 is 0 Å². The van der Waals surface area contributed by atoms with Crippen LogP contribution in [-0.4, -0.2) is 0 Å². The van der Waals surface area contributed by atoms with E-state index < -0.39 is 0 Å². The Bertz CT molecular complexity index is 144. The van der Waals surface area contributed by atoms with Crippen molar-refractivity contribution in [2.45, 2.75) is 54.4 Å². The summed E-state index contributed by atoms with van der Waals surface area (Å²) >= 11 is 0. The third-order valence-corrected chi connectivity index (χ3v) is 2.92. The molecule has 0 N–H and O–H groups in total. The molecule has 0 aromatic carbocycles. The van der Waals surface area contributed by atoms with Crippen LogP contribution in [0.1, 0.15) is 54.4 Å². The molecule has 0 saturated carbocycles. The van der Waals surface area contributed by atoms with Gasteiger partial charge in [-0.3, -0.25) is 0 Å². The van der Waals surface area contributed by atoms with E-state index in [1.165, 1.54) is 12.8 Å². The lowest BCUT2D eigenvalue weighted by Crippen LogP contribution is -2.27. The molecule has 0 aromatic heterocycles. The summed E-state index contributed by atoms with van der Waals surface area (Å²) in [6.45, 7) is 13.7. The standard InChI is InChI=1S/C12H24/c1-7-8-9-10-12(5,6)11(2,3)4/h9-10H,7-8H2,1-6H3. The summed E-state index contributed by atoms with van der Waals surface area (Å²) in [6.07, 6.45) is 7.12. The molecule has 0 heteroatoms. The van der Waals surface area contributed by atoms with Crippen LogP contribution in [0.15, 0.2) is 12.2 Å². The molecule has 0 fully saturated rings. The molecule has 0 radical (unpaired) electrons. The van der Waals surface area contributed by atoms with Gasteiger partial charge in [0, 0.05) is 0 Å². The molecule has 0 nitrogen and oxygen atoms in total. The second-order valence-electron chi connectivity index (χ2n) is 5.16. The molecule has 0 aliphatic rings. The highest BCUT2D eigenvalue weighted by Crippen LogP contribution is 2.38. The van der Waals surface area contributed by atoms with E-state index in [1.807, 2.05) is 0 Å². The Hall–Kier alpha value is -0.260. The molecule has 0 heterocycles. The predicted octanol–water partition coefficient (Wildman–Crippen LogP) is 4.42. The quantitative estimate of drug-likeness (QED) is 0.547. The van der Waals surface area contributed by atoms with Crippen LogP contribution in [-0.2, 0) is 0 Å². The van der Waals surface area contributed by atoms with Gasteiger partial charge in [0.05, 0.1) is 0 Å². The van der Waals surface area contributed by atoms with E-state index in [4.69, 9.17) is 0 Å². The molecule has 0 aliphatic carbocycles.